The van der Waals surface area contributed by atoms with Crippen molar-refractivity contribution in [3.05, 3.63) is 33.3 Å². The lowest BCUT2D eigenvalue weighted by Gasteiger charge is -2.27. The highest BCUT2D eigenvalue weighted by atomic mass is 35.5. The second-order valence-corrected chi connectivity index (χ2v) is 6.65. The van der Waals surface area contributed by atoms with E-state index in [9.17, 15) is 9.90 Å². The molecule has 0 saturated heterocycles. The number of hydrogen-bond acceptors (Lipinski definition) is 3. The molecule has 1 aromatic carbocycles. The van der Waals surface area contributed by atoms with E-state index < -0.39 is 6.10 Å². The van der Waals surface area contributed by atoms with Crippen LogP contribution in [-0.2, 0) is 11.2 Å². The molecule has 0 aromatic heterocycles. The number of rotatable bonds is 4. The number of likely N-dealkylation sites (N-methyl/N-ethyl adjacent to an activating group) is 1. The molecule has 4 nitrogen and oxygen atoms in total. The van der Waals surface area contributed by atoms with Crippen LogP contribution in [0.1, 0.15) is 31.0 Å². The van der Waals surface area contributed by atoms with Gasteiger partial charge in [0, 0.05) is 22.5 Å². The van der Waals surface area contributed by atoms with Crippen LogP contribution in [0.15, 0.2) is 12.1 Å². The first-order valence-corrected chi connectivity index (χ1v) is 7.70. The first-order chi connectivity index (χ1) is 9.79. The number of aliphatic hydroxyl groups excluding tert-OH is 1. The molecular formula is C15H20Cl2N2O2. The van der Waals surface area contributed by atoms with Crippen molar-refractivity contribution in [1.82, 2.24) is 10.2 Å². The van der Waals surface area contributed by atoms with Crippen LogP contribution in [0, 0.1) is 0 Å². The quantitative estimate of drug-likeness (QED) is 0.891. The molecule has 0 unspecified atom stereocenters. The van der Waals surface area contributed by atoms with Crippen molar-refractivity contribution in [1.29, 1.82) is 0 Å². The summed E-state index contributed by atoms with van der Waals surface area (Å²) in [5.74, 6) is -0.0683. The second kappa shape index (κ2) is 6.53. The Hall–Kier alpha value is -0.810. The summed E-state index contributed by atoms with van der Waals surface area (Å²) in [7, 11) is 1.82. The number of aliphatic hydroxyl groups is 1. The summed E-state index contributed by atoms with van der Waals surface area (Å²) < 4.78 is 0. The van der Waals surface area contributed by atoms with E-state index >= 15 is 0 Å². The van der Waals surface area contributed by atoms with Crippen molar-refractivity contribution in [2.45, 2.75) is 38.5 Å². The lowest BCUT2D eigenvalue weighted by Crippen LogP contribution is -2.41. The summed E-state index contributed by atoms with van der Waals surface area (Å²) in [5, 5.41) is 14.3. The van der Waals surface area contributed by atoms with Crippen LogP contribution in [0.25, 0.3) is 0 Å². The Labute approximate surface area is 135 Å². The van der Waals surface area contributed by atoms with Gasteiger partial charge in [-0.25, -0.2) is 0 Å². The van der Waals surface area contributed by atoms with Gasteiger partial charge in [-0.3, -0.25) is 9.69 Å². The molecule has 2 N–H and O–H groups in total. The fourth-order valence-electron chi connectivity index (χ4n) is 2.85. The molecule has 0 fully saturated rings. The van der Waals surface area contributed by atoms with Gasteiger partial charge in [-0.2, -0.15) is 0 Å². The molecule has 6 heteroatoms. The monoisotopic (exact) mass is 330 g/mol. The zero-order chi connectivity index (χ0) is 15.7. The molecule has 0 saturated carbocycles. The molecule has 116 valence electrons. The molecule has 1 amide bonds. The lowest BCUT2D eigenvalue weighted by molar-refractivity contribution is -0.123. The zero-order valence-corrected chi connectivity index (χ0v) is 13.9. The molecule has 0 heterocycles. The number of halogens is 2. The molecule has 0 bridgehead atoms. The molecule has 2 rings (SSSR count). The maximum atomic E-state index is 11.9. The minimum Gasteiger partial charge on any atom is -0.391 e. The zero-order valence-electron chi connectivity index (χ0n) is 12.4. The van der Waals surface area contributed by atoms with E-state index in [1.54, 1.807) is 6.07 Å². The van der Waals surface area contributed by atoms with Crippen LogP contribution < -0.4 is 5.32 Å². The smallest absolute Gasteiger partial charge is 0.234 e. The Morgan fingerprint density at radius 2 is 2.14 bits per heavy atom. The van der Waals surface area contributed by atoms with Gasteiger partial charge in [-0.05, 0) is 44.2 Å². The van der Waals surface area contributed by atoms with Gasteiger partial charge in [-0.1, -0.05) is 23.2 Å². The maximum absolute atomic E-state index is 11.9. The molecule has 0 aliphatic heterocycles. The summed E-state index contributed by atoms with van der Waals surface area (Å²) >= 11 is 12.2. The van der Waals surface area contributed by atoms with E-state index in [0.717, 1.165) is 11.1 Å². The fraction of sp³-hybridized carbons (Fsp3) is 0.533. The molecule has 1 aliphatic rings. The minimum absolute atomic E-state index is 0.0683. The van der Waals surface area contributed by atoms with E-state index in [2.05, 4.69) is 5.32 Å². The van der Waals surface area contributed by atoms with Gasteiger partial charge < -0.3 is 10.4 Å². The molecule has 21 heavy (non-hydrogen) atoms. The second-order valence-electron chi connectivity index (χ2n) is 5.81. The standard InChI is InChI=1S/C15H20Cl2N2O2/c1-8(2)18-14(21)7-19(3)15-11-4-9(16)5-12(17)10(11)6-13(15)20/h4-5,8,13,15,20H,6-7H2,1-3H3,(H,18,21)/t13-,15-/m0/s1. The van der Waals surface area contributed by atoms with E-state index in [4.69, 9.17) is 23.2 Å². The van der Waals surface area contributed by atoms with E-state index in [-0.39, 0.29) is 24.5 Å². The molecule has 1 aliphatic carbocycles. The Balaban J connectivity index is 2.20. The van der Waals surface area contributed by atoms with E-state index in [1.807, 2.05) is 31.9 Å². The van der Waals surface area contributed by atoms with Crippen LogP contribution in [0.5, 0.6) is 0 Å². The average Bonchev–Trinajstić information content (AvgIpc) is 2.64. The molecule has 1 aromatic rings. The van der Waals surface area contributed by atoms with E-state index in [1.165, 1.54) is 0 Å². The third-order valence-electron chi connectivity index (χ3n) is 3.61. The predicted molar refractivity (Wildman–Crippen MR) is 84.8 cm³/mol. The van der Waals surface area contributed by atoms with Gasteiger partial charge in [0.15, 0.2) is 0 Å². The summed E-state index contributed by atoms with van der Waals surface area (Å²) in [6.45, 7) is 4.04. The Morgan fingerprint density at radius 1 is 1.48 bits per heavy atom. The summed E-state index contributed by atoms with van der Waals surface area (Å²) in [6.07, 6.45) is -0.112. The molecular weight excluding hydrogens is 311 g/mol. The third kappa shape index (κ3) is 3.69. The predicted octanol–water partition coefficient (Wildman–Crippen LogP) is 2.41. The number of carbonyl (C=O) groups is 1. The topological polar surface area (TPSA) is 52.6 Å². The highest BCUT2D eigenvalue weighted by Gasteiger charge is 2.36. The lowest BCUT2D eigenvalue weighted by atomic mass is 10.1. The number of nitrogens with zero attached hydrogens (tertiary/aromatic N) is 1. The number of amides is 1. The van der Waals surface area contributed by atoms with Crippen LogP contribution in [0.3, 0.4) is 0 Å². The number of fused-ring (bicyclic) bond motifs is 1. The first kappa shape index (κ1) is 16.6. The Bertz CT molecular complexity index is 549. The van der Waals surface area contributed by atoms with Crippen molar-refractivity contribution >= 4 is 29.1 Å². The molecule has 0 radical (unpaired) electrons. The highest BCUT2D eigenvalue weighted by Crippen LogP contribution is 2.40. The number of benzene rings is 1. The van der Waals surface area contributed by atoms with Crippen LogP contribution >= 0.6 is 23.2 Å². The summed E-state index contributed by atoms with van der Waals surface area (Å²) in [6, 6.07) is 3.33. The first-order valence-electron chi connectivity index (χ1n) is 6.95. The van der Waals surface area contributed by atoms with Gasteiger partial charge in [-0.15, -0.1) is 0 Å². The van der Waals surface area contributed by atoms with Crippen molar-refractivity contribution in [3.8, 4) is 0 Å². The fourth-order valence-corrected chi connectivity index (χ4v) is 3.44. The normalized spacial score (nSPS) is 21.0. The third-order valence-corrected chi connectivity index (χ3v) is 4.16. The molecule has 2 atom stereocenters. The van der Waals surface area contributed by atoms with Crippen molar-refractivity contribution < 1.29 is 9.90 Å². The minimum atomic E-state index is -0.590. The van der Waals surface area contributed by atoms with E-state index in [0.29, 0.717) is 16.5 Å². The van der Waals surface area contributed by atoms with Crippen molar-refractivity contribution in [2.75, 3.05) is 13.6 Å². The van der Waals surface area contributed by atoms with Crippen molar-refractivity contribution in [2.24, 2.45) is 0 Å². The Kier molecular flexibility index (Phi) is 5.15. The molecule has 0 spiro atoms. The van der Waals surface area contributed by atoms with Crippen LogP contribution in [-0.4, -0.2) is 41.7 Å². The number of nitrogens with one attached hydrogen (secondary N) is 1. The van der Waals surface area contributed by atoms with Gasteiger partial charge in [0.05, 0.1) is 18.7 Å². The average molecular weight is 331 g/mol. The van der Waals surface area contributed by atoms with Crippen molar-refractivity contribution in [3.63, 3.8) is 0 Å². The number of hydrogen-bond donors (Lipinski definition) is 2. The van der Waals surface area contributed by atoms with Crippen LogP contribution in [0.2, 0.25) is 10.0 Å². The summed E-state index contributed by atoms with van der Waals surface area (Å²) in [5.41, 5.74) is 1.81. The van der Waals surface area contributed by atoms with Gasteiger partial charge in [0.25, 0.3) is 0 Å². The van der Waals surface area contributed by atoms with Crippen LogP contribution in [0.4, 0.5) is 0 Å². The van der Waals surface area contributed by atoms with Gasteiger partial charge in [0.1, 0.15) is 0 Å². The van der Waals surface area contributed by atoms with Gasteiger partial charge >= 0.3 is 0 Å². The largest absolute Gasteiger partial charge is 0.391 e. The Morgan fingerprint density at radius 3 is 2.76 bits per heavy atom. The maximum Gasteiger partial charge on any atom is 0.234 e. The highest BCUT2D eigenvalue weighted by molar-refractivity contribution is 6.35. The SMILES string of the molecule is CC(C)NC(=O)CN(C)[C@H]1c2cc(Cl)cc(Cl)c2C[C@@H]1O. The summed E-state index contributed by atoms with van der Waals surface area (Å²) in [4.78, 5) is 13.7. The number of carbonyl (C=O) groups excluding carboxylic acids is 1. The van der Waals surface area contributed by atoms with Gasteiger partial charge in [0.2, 0.25) is 5.91 Å².